The van der Waals surface area contributed by atoms with Gasteiger partial charge in [-0.1, -0.05) is 36.4 Å². The number of halogens is 3. The standard InChI is InChI=1S/C22H16F3N5O3/c1-29-19-16(11-26-18(28-19)13-6-3-2-4-7-13)20(32)30(21(29)33)12-17(31)27-15-9-5-8-14(10-15)22(23,24)25/h2-11H,12H2,1H3,(H,27,31). The van der Waals surface area contributed by atoms with Crippen LogP contribution in [0.1, 0.15) is 5.56 Å². The van der Waals surface area contributed by atoms with Crippen molar-refractivity contribution in [3.05, 3.63) is 87.2 Å². The molecule has 0 radical (unpaired) electrons. The van der Waals surface area contributed by atoms with E-state index in [0.29, 0.717) is 16.0 Å². The summed E-state index contributed by atoms with van der Waals surface area (Å²) in [5, 5.41) is 2.29. The molecule has 0 aliphatic rings. The Labute approximate surface area is 184 Å². The van der Waals surface area contributed by atoms with Crippen molar-refractivity contribution in [2.45, 2.75) is 12.7 Å². The lowest BCUT2D eigenvalue weighted by Gasteiger charge is -2.12. The highest BCUT2D eigenvalue weighted by Gasteiger charge is 2.30. The maximum Gasteiger partial charge on any atom is 0.416 e. The number of amides is 1. The third-order valence-electron chi connectivity index (χ3n) is 4.89. The van der Waals surface area contributed by atoms with Crippen LogP contribution in [0.3, 0.4) is 0 Å². The summed E-state index contributed by atoms with van der Waals surface area (Å²) in [6.07, 6.45) is -3.31. The highest BCUT2D eigenvalue weighted by molar-refractivity contribution is 5.90. The number of hydrogen-bond donors (Lipinski definition) is 1. The minimum absolute atomic E-state index is 0.0173. The fourth-order valence-corrected chi connectivity index (χ4v) is 3.27. The predicted molar refractivity (Wildman–Crippen MR) is 115 cm³/mol. The Bertz CT molecular complexity index is 1480. The summed E-state index contributed by atoms with van der Waals surface area (Å²) >= 11 is 0. The molecule has 0 fully saturated rings. The molecule has 0 aliphatic heterocycles. The van der Waals surface area contributed by atoms with Gasteiger partial charge in [0, 0.05) is 24.5 Å². The smallest absolute Gasteiger partial charge is 0.325 e. The normalized spacial score (nSPS) is 11.5. The number of carbonyl (C=O) groups excluding carboxylic acids is 1. The summed E-state index contributed by atoms with van der Waals surface area (Å²) in [7, 11) is 1.40. The van der Waals surface area contributed by atoms with Crippen LogP contribution in [0.5, 0.6) is 0 Å². The van der Waals surface area contributed by atoms with E-state index in [1.807, 2.05) is 6.07 Å². The summed E-state index contributed by atoms with van der Waals surface area (Å²) in [5.74, 6) is -0.521. The molecule has 0 aliphatic carbocycles. The number of rotatable bonds is 4. The average Bonchev–Trinajstić information content (AvgIpc) is 2.80. The van der Waals surface area contributed by atoms with E-state index in [0.717, 1.165) is 22.8 Å². The SMILES string of the molecule is Cn1c(=O)n(CC(=O)Nc2cccc(C(F)(F)F)c2)c(=O)c2cnc(-c3ccccc3)nc21. The van der Waals surface area contributed by atoms with Crippen molar-refractivity contribution < 1.29 is 18.0 Å². The molecule has 4 aromatic rings. The lowest BCUT2D eigenvalue weighted by Crippen LogP contribution is -2.42. The third kappa shape index (κ3) is 4.38. The topological polar surface area (TPSA) is 98.9 Å². The summed E-state index contributed by atoms with van der Waals surface area (Å²) in [6, 6.07) is 13.0. The first-order chi connectivity index (χ1) is 15.6. The van der Waals surface area contributed by atoms with Gasteiger partial charge in [0.2, 0.25) is 5.91 Å². The largest absolute Gasteiger partial charge is 0.416 e. The molecular formula is C22H16F3N5O3. The second kappa shape index (κ2) is 8.34. The molecule has 4 rings (SSSR count). The van der Waals surface area contributed by atoms with Crippen LogP contribution >= 0.6 is 0 Å². The van der Waals surface area contributed by atoms with Crippen LogP contribution in [-0.4, -0.2) is 25.0 Å². The van der Waals surface area contributed by atoms with Gasteiger partial charge in [-0.3, -0.25) is 18.7 Å². The van der Waals surface area contributed by atoms with Crippen LogP contribution in [0.4, 0.5) is 18.9 Å². The molecule has 2 aromatic heterocycles. The molecule has 0 saturated heterocycles. The molecular weight excluding hydrogens is 439 g/mol. The molecule has 0 saturated carbocycles. The second-order valence-electron chi connectivity index (χ2n) is 7.16. The van der Waals surface area contributed by atoms with Crippen molar-refractivity contribution in [2.24, 2.45) is 7.05 Å². The highest BCUT2D eigenvalue weighted by atomic mass is 19.4. The number of carbonyl (C=O) groups is 1. The van der Waals surface area contributed by atoms with E-state index in [1.54, 1.807) is 24.3 Å². The maximum atomic E-state index is 12.9. The van der Waals surface area contributed by atoms with Gasteiger partial charge in [-0.25, -0.2) is 14.8 Å². The van der Waals surface area contributed by atoms with Crippen molar-refractivity contribution in [1.29, 1.82) is 0 Å². The minimum atomic E-state index is -4.58. The van der Waals surface area contributed by atoms with Crippen molar-refractivity contribution in [2.75, 3.05) is 5.32 Å². The summed E-state index contributed by atoms with van der Waals surface area (Å²) in [4.78, 5) is 46.5. The van der Waals surface area contributed by atoms with Crippen LogP contribution in [0.25, 0.3) is 22.4 Å². The van der Waals surface area contributed by atoms with Gasteiger partial charge in [-0.2, -0.15) is 13.2 Å². The van der Waals surface area contributed by atoms with Crippen molar-refractivity contribution in [1.82, 2.24) is 19.1 Å². The first kappa shape index (κ1) is 21.9. The van der Waals surface area contributed by atoms with Gasteiger partial charge in [-0.05, 0) is 18.2 Å². The number of alkyl halides is 3. The number of aryl methyl sites for hydroxylation is 1. The zero-order valence-corrected chi connectivity index (χ0v) is 17.1. The van der Waals surface area contributed by atoms with Gasteiger partial charge in [-0.15, -0.1) is 0 Å². The van der Waals surface area contributed by atoms with Gasteiger partial charge in [0.15, 0.2) is 11.5 Å². The first-order valence-electron chi connectivity index (χ1n) is 9.64. The van der Waals surface area contributed by atoms with Crippen molar-refractivity contribution in [3.8, 4) is 11.4 Å². The number of nitrogens with one attached hydrogen (secondary N) is 1. The second-order valence-corrected chi connectivity index (χ2v) is 7.16. The molecule has 0 bridgehead atoms. The molecule has 2 heterocycles. The molecule has 0 atom stereocenters. The Balaban J connectivity index is 1.67. The molecule has 168 valence electrons. The fraction of sp³-hybridized carbons (Fsp3) is 0.136. The number of anilines is 1. The van der Waals surface area contributed by atoms with E-state index in [4.69, 9.17) is 0 Å². The number of hydrogen-bond acceptors (Lipinski definition) is 5. The number of aromatic nitrogens is 4. The summed E-state index contributed by atoms with van der Waals surface area (Å²) in [5.41, 5.74) is -1.86. The Morgan fingerprint density at radius 1 is 1.06 bits per heavy atom. The first-order valence-corrected chi connectivity index (χ1v) is 9.64. The zero-order chi connectivity index (χ0) is 23.8. The molecule has 33 heavy (non-hydrogen) atoms. The summed E-state index contributed by atoms with van der Waals surface area (Å²) in [6.45, 7) is -0.696. The zero-order valence-electron chi connectivity index (χ0n) is 17.1. The Morgan fingerprint density at radius 3 is 2.48 bits per heavy atom. The van der Waals surface area contributed by atoms with Gasteiger partial charge < -0.3 is 5.32 Å². The van der Waals surface area contributed by atoms with E-state index in [-0.39, 0.29) is 16.7 Å². The average molecular weight is 455 g/mol. The van der Waals surface area contributed by atoms with Crippen LogP contribution in [0.15, 0.2) is 70.4 Å². The van der Waals surface area contributed by atoms with Crippen LogP contribution < -0.4 is 16.6 Å². The Morgan fingerprint density at radius 2 is 1.79 bits per heavy atom. The van der Waals surface area contributed by atoms with E-state index < -0.39 is 35.4 Å². The molecule has 2 aromatic carbocycles. The van der Waals surface area contributed by atoms with Gasteiger partial charge >= 0.3 is 11.9 Å². The Kier molecular flexibility index (Phi) is 5.54. The molecule has 11 heteroatoms. The van der Waals surface area contributed by atoms with Crippen LogP contribution in [-0.2, 0) is 24.6 Å². The third-order valence-corrected chi connectivity index (χ3v) is 4.89. The van der Waals surface area contributed by atoms with Crippen molar-refractivity contribution >= 4 is 22.6 Å². The van der Waals surface area contributed by atoms with Crippen LogP contribution in [0, 0.1) is 0 Å². The number of nitrogens with zero attached hydrogens (tertiary/aromatic N) is 4. The van der Waals surface area contributed by atoms with E-state index in [1.165, 1.54) is 19.3 Å². The van der Waals surface area contributed by atoms with Gasteiger partial charge in [0.25, 0.3) is 5.56 Å². The fourth-order valence-electron chi connectivity index (χ4n) is 3.27. The molecule has 8 nitrogen and oxygen atoms in total. The maximum absolute atomic E-state index is 12.9. The lowest BCUT2D eigenvalue weighted by molar-refractivity contribution is -0.137. The van der Waals surface area contributed by atoms with Gasteiger partial charge in [0.05, 0.1) is 5.56 Å². The van der Waals surface area contributed by atoms with Gasteiger partial charge in [0.1, 0.15) is 11.9 Å². The van der Waals surface area contributed by atoms with Crippen LogP contribution in [0.2, 0.25) is 0 Å². The number of benzene rings is 2. The highest BCUT2D eigenvalue weighted by Crippen LogP contribution is 2.30. The summed E-state index contributed by atoms with van der Waals surface area (Å²) < 4.78 is 40.4. The van der Waals surface area contributed by atoms with E-state index in [2.05, 4.69) is 15.3 Å². The van der Waals surface area contributed by atoms with Crippen molar-refractivity contribution in [3.63, 3.8) is 0 Å². The number of fused-ring (bicyclic) bond motifs is 1. The minimum Gasteiger partial charge on any atom is -0.325 e. The van der Waals surface area contributed by atoms with E-state index in [9.17, 15) is 27.6 Å². The lowest BCUT2D eigenvalue weighted by atomic mass is 10.2. The molecule has 0 spiro atoms. The molecule has 1 N–H and O–H groups in total. The van der Waals surface area contributed by atoms with E-state index >= 15 is 0 Å². The quantitative estimate of drug-likeness (QED) is 0.510. The molecule has 0 unspecified atom stereocenters. The Hall–Kier alpha value is -4.28. The molecule has 1 amide bonds. The predicted octanol–water partition coefficient (Wildman–Crippen LogP) is 2.81. The monoisotopic (exact) mass is 455 g/mol.